The molecule has 0 saturated carbocycles. The van der Waals surface area contributed by atoms with E-state index in [9.17, 15) is 4.79 Å². The third-order valence-corrected chi connectivity index (χ3v) is 4.60. The van der Waals surface area contributed by atoms with Crippen LogP contribution in [-0.4, -0.2) is 27.8 Å². The van der Waals surface area contributed by atoms with Crippen molar-refractivity contribution in [2.45, 2.75) is 45.3 Å². The van der Waals surface area contributed by atoms with Crippen molar-refractivity contribution in [1.29, 1.82) is 0 Å². The molecule has 1 aromatic heterocycles. The Hall–Kier alpha value is -1.92. The molecule has 5 nitrogen and oxygen atoms in total. The molecule has 2 radical (unpaired) electrons. The highest BCUT2D eigenvalue weighted by molar-refractivity contribution is 6.31. The van der Waals surface area contributed by atoms with Crippen LogP contribution in [0.25, 0.3) is 11.3 Å². The SMILES string of the molecule is COC(=O)c1ncoc1-c1cccc(C(C)(C)O[Si]C(C)(C)C)c1. The van der Waals surface area contributed by atoms with Crippen molar-refractivity contribution in [3.63, 3.8) is 0 Å². The fourth-order valence-electron chi connectivity index (χ4n) is 2.07. The molecule has 0 atom stereocenters. The van der Waals surface area contributed by atoms with Gasteiger partial charge in [-0.05, 0) is 30.5 Å². The van der Waals surface area contributed by atoms with Crippen molar-refractivity contribution in [3.05, 3.63) is 41.9 Å². The van der Waals surface area contributed by atoms with Gasteiger partial charge in [0, 0.05) is 5.56 Å². The molecular weight excluding hydrogens is 322 g/mol. The van der Waals surface area contributed by atoms with Crippen LogP contribution in [-0.2, 0) is 14.8 Å². The first kappa shape index (κ1) is 18.4. The second kappa shape index (κ2) is 6.90. The summed E-state index contributed by atoms with van der Waals surface area (Å²) in [4.78, 5) is 15.7. The van der Waals surface area contributed by atoms with Gasteiger partial charge in [0.15, 0.2) is 17.8 Å². The topological polar surface area (TPSA) is 61.6 Å². The molecule has 0 saturated heterocycles. The number of carbonyl (C=O) groups excluding carboxylic acids is 1. The number of benzene rings is 1. The number of oxazole rings is 1. The first-order valence-electron chi connectivity index (χ1n) is 7.72. The molecule has 24 heavy (non-hydrogen) atoms. The largest absolute Gasteiger partial charge is 0.464 e. The molecule has 6 heteroatoms. The number of rotatable bonds is 5. The van der Waals surface area contributed by atoms with Crippen LogP contribution in [0, 0.1) is 0 Å². The summed E-state index contributed by atoms with van der Waals surface area (Å²) in [5.41, 5.74) is 1.49. The molecule has 0 bridgehead atoms. The number of aromatic nitrogens is 1. The summed E-state index contributed by atoms with van der Waals surface area (Å²) in [7, 11) is 1.69. The Morgan fingerprint density at radius 1 is 1.21 bits per heavy atom. The van der Waals surface area contributed by atoms with Gasteiger partial charge in [0.1, 0.15) is 0 Å². The Balaban J connectivity index is 2.32. The van der Waals surface area contributed by atoms with Gasteiger partial charge >= 0.3 is 5.97 Å². The lowest BCUT2D eigenvalue weighted by Crippen LogP contribution is -2.27. The van der Waals surface area contributed by atoms with Gasteiger partial charge in [-0.2, -0.15) is 0 Å². The van der Waals surface area contributed by atoms with E-state index in [-0.39, 0.29) is 10.7 Å². The second-order valence-corrected chi connectivity index (χ2v) is 8.98. The maximum atomic E-state index is 11.8. The van der Waals surface area contributed by atoms with E-state index in [0.717, 1.165) is 11.1 Å². The average Bonchev–Trinajstić information content (AvgIpc) is 3.01. The van der Waals surface area contributed by atoms with Crippen LogP contribution in [0.2, 0.25) is 5.04 Å². The van der Waals surface area contributed by atoms with Gasteiger partial charge in [0.05, 0.1) is 12.7 Å². The zero-order chi connectivity index (χ0) is 18.0. The van der Waals surface area contributed by atoms with E-state index >= 15 is 0 Å². The Kier molecular flexibility index (Phi) is 5.30. The summed E-state index contributed by atoms with van der Waals surface area (Å²) in [5, 5.41) is 0.109. The molecule has 128 valence electrons. The van der Waals surface area contributed by atoms with Crippen molar-refractivity contribution in [2.24, 2.45) is 0 Å². The Morgan fingerprint density at radius 2 is 1.92 bits per heavy atom. The van der Waals surface area contributed by atoms with Crippen LogP contribution in [0.4, 0.5) is 0 Å². The second-order valence-electron chi connectivity index (χ2n) is 7.07. The summed E-state index contributed by atoms with van der Waals surface area (Å²) >= 11 is 0. The molecule has 0 N–H and O–H groups in total. The summed E-state index contributed by atoms with van der Waals surface area (Å²) in [6.07, 6.45) is 1.25. The molecular formula is C18H23NO4Si. The van der Waals surface area contributed by atoms with Gasteiger partial charge < -0.3 is 13.6 Å². The predicted octanol–water partition coefficient (Wildman–Crippen LogP) is 4.22. The minimum atomic E-state index is -0.520. The zero-order valence-corrected chi connectivity index (χ0v) is 16.0. The van der Waals surface area contributed by atoms with Gasteiger partial charge in [0.2, 0.25) is 9.76 Å². The lowest BCUT2D eigenvalue weighted by molar-refractivity contribution is 0.0595. The summed E-state index contributed by atoms with van der Waals surface area (Å²) < 4.78 is 16.3. The summed E-state index contributed by atoms with van der Waals surface area (Å²) in [5.74, 6) is -0.119. The number of carbonyl (C=O) groups is 1. The minimum Gasteiger partial charge on any atom is -0.464 e. The Labute approximate surface area is 145 Å². The van der Waals surface area contributed by atoms with E-state index in [0.29, 0.717) is 15.5 Å². The maximum absolute atomic E-state index is 11.8. The van der Waals surface area contributed by atoms with E-state index in [1.807, 2.05) is 38.1 Å². The number of hydrogen-bond donors (Lipinski definition) is 0. The minimum absolute atomic E-state index is 0.109. The summed E-state index contributed by atoms with van der Waals surface area (Å²) in [6.45, 7) is 10.5. The van der Waals surface area contributed by atoms with Crippen LogP contribution in [0.3, 0.4) is 0 Å². The predicted molar refractivity (Wildman–Crippen MR) is 92.9 cm³/mol. The molecule has 1 aromatic carbocycles. The van der Waals surface area contributed by atoms with Crippen molar-refractivity contribution in [3.8, 4) is 11.3 Å². The Morgan fingerprint density at radius 3 is 2.54 bits per heavy atom. The maximum Gasteiger partial charge on any atom is 0.360 e. The highest BCUT2D eigenvalue weighted by Crippen LogP contribution is 2.32. The van der Waals surface area contributed by atoms with Gasteiger partial charge in [0.25, 0.3) is 0 Å². The van der Waals surface area contributed by atoms with E-state index in [2.05, 4.69) is 25.8 Å². The molecule has 0 fully saturated rings. The first-order chi connectivity index (χ1) is 11.1. The van der Waals surface area contributed by atoms with Crippen LogP contribution >= 0.6 is 0 Å². The van der Waals surface area contributed by atoms with Gasteiger partial charge in [-0.15, -0.1) is 0 Å². The third kappa shape index (κ3) is 4.33. The van der Waals surface area contributed by atoms with Crippen LogP contribution < -0.4 is 0 Å². The number of esters is 1. The molecule has 0 aliphatic heterocycles. The molecule has 0 aliphatic rings. The molecule has 0 aliphatic carbocycles. The lowest BCUT2D eigenvalue weighted by Gasteiger charge is -2.30. The van der Waals surface area contributed by atoms with E-state index < -0.39 is 11.6 Å². The monoisotopic (exact) mass is 345 g/mol. The van der Waals surface area contributed by atoms with Crippen molar-refractivity contribution < 1.29 is 18.4 Å². The number of ether oxygens (including phenoxy) is 1. The number of nitrogens with zero attached hydrogens (tertiary/aromatic N) is 1. The highest BCUT2D eigenvalue weighted by Gasteiger charge is 2.26. The molecule has 2 aromatic rings. The molecule has 0 amide bonds. The van der Waals surface area contributed by atoms with Crippen molar-refractivity contribution in [2.75, 3.05) is 7.11 Å². The fourth-order valence-corrected chi connectivity index (χ4v) is 2.75. The number of hydrogen-bond acceptors (Lipinski definition) is 5. The van der Waals surface area contributed by atoms with Crippen molar-refractivity contribution in [1.82, 2.24) is 4.98 Å². The fraction of sp³-hybridized carbons (Fsp3) is 0.444. The molecule has 0 unspecified atom stereocenters. The summed E-state index contributed by atoms with van der Waals surface area (Å²) in [6, 6.07) is 7.75. The van der Waals surface area contributed by atoms with Crippen LogP contribution in [0.1, 0.15) is 50.7 Å². The molecule has 2 rings (SSSR count). The van der Waals surface area contributed by atoms with E-state index in [1.165, 1.54) is 13.5 Å². The van der Waals surface area contributed by atoms with Gasteiger partial charge in [-0.1, -0.05) is 39.0 Å². The van der Waals surface area contributed by atoms with Crippen molar-refractivity contribution >= 4 is 15.7 Å². The van der Waals surface area contributed by atoms with E-state index in [4.69, 9.17) is 13.6 Å². The quantitative estimate of drug-likeness (QED) is 0.600. The smallest absolute Gasteiger partial charge is 0.360 e. The van der Waals surface area contributed by atoms with Crippen LogP contribution in [0.5, 0.6) is 0 Å². The zero-order valence-electron chi connectivity index (χ0n) is 15.0. The Bertz CT molecular complexity index is 716. The third-order valence-electron chi connectivity index (χ3n) is 3.38. The average molecular weight is 345 g/mol. The highest BCUT2D eigenvalue weighted by atomic mass is 28.2. The molecule has 1 heterocycles. The number of methoxy groups -OCH3 is 1. The van der Waals surface area contributed by atoms with Gasteiger partial charge in [-0.3, -0.25) is 0 Å². The normalized spacial score (nSPS) is 12.2. The van der Waals surface area contributed by atoms with E-state index in [1.54, 1.807) is 0 Å². The standard InChI is InChI=1S/C18H23NO4Si/c1-17(2,3)24-23-18(4,5)13-9-7-8-12(10-13)15-14(16(20)21-6)19-11-22-15/h7-11H,1-6H3. The lowest BCUT2D eigenvalue weighted by atomic mass is 9.95. The first-order valence-corrected chi connectivity index (χ1v) is 8.63. The van der Waals surface area contributed by atoms with Crippen LogP contribution in [0.15, 0.2) is 35.1 Å². The van der Waals surface area contributed by atoms with Gasteiger partial charge in [-0.25, -0.2) is 9.78 Å². The molecule has 0 spiro atoms.